The molecule has 0 radical (unpaired) electrons. The van der Waals surface area contributed by atoms with Crippen molar-refractivity contribution in [3.63, 3.8) is 0 Å². The predicted molar refractivity (Wildman–Crippen MR) is 73.7 cm³/mol. The number of nitrogens with one attached hydrogen (secondary N) is 1. The highest BCUT2D eigenvalue weighted by Gasteiger charge is 2.15. The average Bonchev–Trinajstić information content (AvgIpc) is 2.62. The second-order valence-corrected chi connectivity index (χ2v) is 5.88. The van der Waals surface area contributed by atoms with Gasteiger partial charge in [0.05, 0.1) is 10.7 Å². The normalized spacial score (nSPS) is 22.6. The molecule has 0 spiro atoms. The Bertz CT molecular complexity index is 337. The van der Waals surface area contributed by atoms with E-state index < -0.39 is 0 Å². The van der Waals surface area contributed by atoms with Gasteiger partial charge in [-0.2, -0.15) is 0 Å². The van der Waals surface area contributed by atoms with Crippen LogP contribution in [0.2, 0.25) is 0 Å². The molecule has 0 bridgehead atoms. The Hall–Kier alpha value is -0.450. The van der Waals surface area contributed by atoms with Crippen molar-refractivity contribution in [2.45, 2.75) is 39.2 Å². The molecule has 1 unspecified atom stereocenters. The van der Waals surface area contributed by atoms with Crippen molar-refractivity contribution in [2.75, 3.05) is 26.2 Å². The van der Waals surface area contributed by atoms with Crippen molar-refractivity contribution in [3.05, 3.63) is 16.1 Å². The van der Waals surface area contributed by atoms with Gasteiger partial charge in [0.2, 0.25) is 0 Å². The molecule has 0 amide bonds. The third-order valence-electron chi connectivity index (χ3n) is 3.41. The summed E-state index contributed by atoms with van der Waals surface area (Å²) in [5, 5.41) is 6.99. The van der Waals surface area contributed by atoms with E-state index in [1.54, 1.807) is 11.3 Å². The van der Waals surface area contributed by atoms with Gasteiger partial charge in [0.1, 0.15) is 0 Å². The number of rotatable bonds is 4. The molecule has 2 rings (SSSR count). The minimum absolute atomic E-state index is 0.676. The third-order valence-corrected chi connectivity index (χ3v) is 4.23. The largest absolute Gasteiger partial charge is 0.313 e. The van der Waals surface area contributed by atoms with Crippen LogP contribution >= 0.6 is 11.3 Å². The smallest absolute Gasteiger partial charge is 0.0897 e. The molecule has 1 atom stereocenters. The molecule has 1 aromatic heterocycles. The highest BCUT2D eigenvalue weighted by molar-refractivity contribution is 7.09. The number of hydrogen-bond acceptors (Lipinski definition) is 4. The molecule has 1 saturated heterocycles. The van der Waals surface area contributed by atoms with E-state index in [1.807, 2.05) is 0 Å². The van der Waals surface area contributed by atoms with Crippen LogP contribution in [0.1, 0.15) is 30.5 Å². The summed E-state index contributed by atoms with van der Waals surface area (Å²) < 4.78 is 0. The number of thiazole rings is 1. The lowest BCUT2D eigenvalue weighted by Gasteiger charge is -2.23. The van der Waals surface area contributed by atoms with Crippen LogP contribution in [-0.2, 0) is 6.42 Å². The van der Waals surface area contributed by atoms with E-state index in [4.69, 9.17) is 0 Å². The topological polar surface area (TPSA) is 28.2 Å². The zero-order valence-electron chi connectivity index (χ0n) is 10.9. The Balaban J connectivity index is 1.81. The molecular weight excluding hydrogens is 230 g/mol. The summed E-state index contributed by atoms with van der Waals surface area (Å²) >= 11 is 1.76. The van der Waals surface area contributed by atoms with Gasteiger partial charge >= 0.3 is 0 Å². The second kappa shape index (κ2) is 6.47. The first-order valence-electron chi connectivity index (χ1n) is 6.64. The monoisotopic (exact) mass is 253 g/mol. The fourth-order valence-corrected chi connectivity index (χ4v) is 3.00. The Morgan fingerprint density at radius 3 is 3.18 bits per heavy atom. The average molecular weight is 253 g/mol. The second-order valence-electron chi connectivity index (χ2n) is 4.82. The van der Waals surface area contributed by atoms with Crippen LogP contribution in [0.4, 0.5) is 0 Å². The summed E-state index contributed by atoms with van der Waals surface area (Å²) in [5.74, 6) is 0. The maximum absolute atomic E-state index is 4.53. The fraction of sp³-hybridized carbons (Fsp3) is 0.769. The lowest BCUT2D eigenvalue weighted by Crippen LogP contribution is -2.37. The molecule has 1 aliphatic rings. The van der Waals surface area contributed by atoms with Gasteiger partial charge < -0.3 is 10.2 Å². The molecule has 1 N–H and O–H groups in total. The fourth-order valence-electron chi connectivity index (χ4n) is 2.35. The standard InChI is InChI=1S/C13H23N3S/c1-3-12-9-16(7-4-6-14-12)8-5-13-10-17-11(2)15-13/h10,12,14H,3-9H2,1-2H3. The molecule has 3 nitrogen and oxygen atoms in total. The maximum Gasteiger partial charge on any atom is 0.0897 e. The lowest BCUT2D eigenvalue weighted by atomic mass is 10.2. The van der Waals surface area contributed by atoms with E-state index in [9.17, 15) is 0 Å². The quantitative estimate of drug-likeness (QED) is 0.890. The number of aryl methyl sites for hydroxylation is 1. The van der Waals surface area contributed by atoms with E-state index in [0.29, 0.717) is 6.04 Å². The van der Waals surface area contributed by atoms with Gasteiger partial charge in [0.25, 0.3) is 0 Å². The van der Waals surface area contributed by atoms with E-state index in [0.717, 1.165) is 13.0 Å². The van der Waals surface area contributed by atoms with E-state index in [1.165, 1.54) is 43.2 Å². The SMILES string of the molecule is CCC1CN(CCc2csc(C)n2)CCCN1. The zero-order valence-corrected chi connectivity index (χ0v) is 11.7. The minimum Gasteiger partial charge on any atom is -0.313 e. The predicted octanol–water partition coefficient (Wildman–Crippen LogP) is 2.07. The van der Waals surface area contributed by atoms with Crippen molar-refractivity contribution in [1.29, 1.82) is 0 Å². The highest BCUT2D eigenvalue weighted by atomic mass is 32.1. The summed E-state index contributed by atoms with van der Waals surface area (Å²) in [6, 6.07) is 0.676. The zero-order chi connectivity index (χ0) is 12.1. The number of hydrogen-bond donors (Lipinski definition) is 1. The summed E-state index contributed by atoms with van der Waals surface area (Å²) in [7, 11) is 0. The van der Waals surface area contributed by atoms with Gasteiger partial charge in [-0.1, -0.05) is 6.92 Å². The molecule has 2 heterocycles. The summed E-state index contributed by atoms with van der Waals surface area (Å²) in [6.45, 7) is 9.10. The van der Waals surface area contributed by atoms with Gasteiger partial charge in [-0.3, -0.25) is 0 Å². The van der Waals surface area contributed by atoms with Gasteiger partial charge in [-0.25, -0.2) is 4.98 Å². The minimum atomic E-state index is 0.676. The molecule has 1 aliphatic heterocycles. The first-order valence-corrected chi connectivity index (χ1v) is 7.52. The Labute approximate surface area is 108 Å². The van der Waals surface area contributed by atoms with E-state index >= 15 is 0 Å². The molecule has 1 aromatic rings. The Morgan fingerprint density at radius 2 is 2.47 bits per heavy atom. The molecular formula is C13H23N3S. The highest BCUT2D eigenvalue weighted by Crippen LogP contribution is 2.10. The van der Waals surface area contributed by atoms with E-state index in [-0.39, 0.29) is 0 Å². The summed E-state index contributed by atoms with van der Waals surface area (Å²) in [4.78, 5) is 7.12. The van der Waals surface area contributed by atoms with Crippen LogP contribution < -0.4 is 5.32 Å². The van der Waals surface area contributed by atoms with Crippen LogP contribution in [0.15, 0.2) is 5.38 Å². The molecule has 0 aliphatic carbocycles. The van der Waals surface area contributed by atoms with Gasteiger partial charge in [-0.15, -0.1) is 11.3 Å². The maximum atomic E-state index is 4.53. The van der Waals surface area contributed by atoms with Crippen molar-refractivity contribution in [1.82, 2.24) is 15.2 Å². The number of nitrogens with zero attached hydrogens (tertiary/aromatic N) is 2. The first kappa shape index (κ1) is 13.0. The van der Waals surface area contributed by atoms with Crippen LogP contribution in [-0.4, -0.2) is 42.1 Å². The first-order chi connectivity index (χ1) is 8.28. The van der Waals surface area contributed by atoms with Gasteiger partial charge in [-0.05, 0) is 32.9 Å². The van der Waals surface area contributed by atoms with Gasteiger partial charge in [0.15, 0.2) is 0 Å². The molecule has 4 heteroatoms. The summed E-state index contributed by atoms with van der Waals surface area (Å²) in [6.07, 6.45) is 3.60. The molecule has 17 heavy (non-hydrogen) atoms. The van der Waals surface area contributed by atoms with Crippen LogP contribution in [0.5, 0.6) is 0 Å². The van der Waals surface area contributed by atoms with Crippen molar-refractivity contribution in [2.24, 2.45) is 0 Å². The Kier molecular flexibility index (Phi) is 4.95. The van der Waals surface area contributed by atoms with E-state index in [2.05, 4.69) is 34.4 Å². The Morgan fingerprint density at radius 1 is 1.59 bits per heavy atom. The molecule has 1 fully saturated rings. The molecule has 96 valence electrons. The van der Waals surface area contributed by atoms with Crippen molar-refractivity contribution >= 4 is 11.3 Å². The van der Waals surface area contributed by atoms with Crippen molar-refractivity contribution < 1.29 is 0 Å². The van der Waals surface area contributed by atoms with Crippen LogP contribution in [0.25, 0.3) is 0 Å². The van der Waals surface area contributed by atoms with Crippen molar-refractivity contribution in [3.8, 4) is 0 Å². The van der Waals surface area contributed by atoms with Gasteiger partial charge in [0, 0.05) is 30.9 Å². The van der Waals surface area contributed by atoms with Crippen LogP contribution in [0.3, 0.4) is 0 Å². The summed E-state index contributed by atoms with van der Waals surface area (Å²) in [5.41, 5.74) is 1.26. The number of aromatic nitrogens is 1. The lowest BCUT2D eigenvalue weighted by molar-refractivity contribution is 0.268. The third kappa shape index (κ3) is 4.05. The van der Waals surface area contributed by atoms with Crippen LogP contribution in [0, 0.1) is 6.92 Å². The molecule has 0 saturated carbocycles. The molecule has 0 aromatic carbocycles.